The third kappa shape index (κ3) is 4.85. The quantitative estimate of drug-likeness (QED) is 0.502. The van der Waals surface area contributed by atoms with Gasteiger partial charge in [-0.1, -0.05) is 6.92 Å². The van der Waals surface area contributed by atoms with Crippen LogP contribution in [0.4, 0.5) is 0 Å². The molecule has 0 amide bonds. The van der Waals surface area contributed by atoms with Gasteiger partial charge in [-0.2, -0.15) is 0 Å². The van der Waals surface area contributed by atoms with Crippen LogP contribution in [-0.4, -0.2) is 17.2 Å². The van der Waals surface area contributed by atoms with Gasteiger partial charge in [-0.15, -0.1) is 0 Å². The van der Waals surface area contributed by atoms with Gasteiger partial charge in [0, 0.05) is 5.54 Å². The smallest absolute Gasteiger partial charge is 0.312 e. The van der Waals surface area contributed by atoms with Crippen LogP contribution in [0.15, 0.2) is 0 Å². The second-order valence-electron chi connectivity index (χ2n) is 4.57. The molecule has 78 valence electrons. The van der Waals surface area contributed by atoms with E-state index >= 15 is 0 Å². The molecule has 0 aromatic heterocycles. The molecule has 0 radical (unpaired) electrons. The molecule has 0 spiro atoms. The summed E-state index contributed by atoms with van der Waals surface area (Å²) in [4.78, 5) is 11.4. The lowest BCUT2D eigenvalue weighted by Gasteiger charge is -2.28. The maximum Gasteiger partial charge on any atom is 0.312 e. The van der Waals surface area contributed by atoms with Gasteiger partial charge in [-0.25, -0.2) is 0 Å². The topological polar surface area (TPSA) is 78.3 Å². The Morgan fingerprint density at radius 1 is 1.23 bits per heavy atom. The lowest BCUT2D eigenvalue weighted by atomic mass is 9.90. The van der Waals surface area contributed by atoms with Crippen molar-refractivity contribution < 1.29 is 9.53 Å². The summed E-state index contributed by atoms with van der Waals surface area (Å²) in [7, 11) is 0. The minimum Gasteiger partial charge on any atom is -0.444 e. The fourth-order valence-electron chi connectivity index (χ4n) is 0.651. The molecule has 0 aromatic rings. The first-order valence-corrected chi connectivity index (χ1v) is 4.34. The van der Waals surface area contributed by atoms with E-state index in [4.69, 9.17) is 16.2 Å². The van der Waals surface area contributed by atoms with E-state index in [1.165, 1.54) is 0 Å². The molecule has 0 fully saturated rings. The van der Waals surface area contributed by atoms with Crippen molar-refractivity contribution in [2.45, 2.75) is 45.9 Å². The first-order valence-electron chi connectivity index (χ1n) is 4.34. The Balaban J connectivity index is 4.30. The first kappa shape index (κ1) is 12.4. The molecular formula is C9H20N2O2. The third-order valence-corrected chi connectivity index (χ3v) is 1.83. The number of hydrogen-bond acceptors (Lipinski definition) is 4. The Morgan fingerprint density at radius 3 is 1.85 bits per heavy atom. The van der Waals surface area contributed by atoms with E-state index in [0.717, 1.165) is 0 Å². The molecule has 1 unspecified atom stereocenters. The predicted molar refractivity (Wildman–Crippen MR) is 51.8 cm³/mol. The number of rotatable bonds is 3. The highest BCUT2D eigenvalue weighted by Crippen LogP contribution is 2.16. The van der Waals surface area contributed by atoms with Gasteiger partial charge >= 0.3 is 5.97 Å². The molecule has 0 aliphatic rings. The molecule has 0 saturated heterocycles. The largest absolute Gasteiger partial charge is 0.444 e. The number of hydrogen-bond donors (Lipinski definition) is 2. The second kappa shape index (κ2) is 3.64. The van der Waals surface area contributed by atoms with Gasteiger partial charge in [0.2, 0.25) is 0 Å². The fraction of sp³-hybridized carbons (Fsp3) is 0.889. The Morgan fingerprint density at radius 2 is 1.62 bits per heavy atom. The van der Waals surface area contributed by atoms with Gasteiger partial charge in [0.1, 0.15) is 0 Å². The Labute approximate surface area is 79.6 Å². The zero-order chi connectivity index (χ0) is 10.9. The summed E-state index contributed by atoms with van der Waals surface area (Å²) in [6.07, 6.45) is 0. The van der Waals surface area contributed by atoms with Crippen molar-refractivity contribution in [1.82, 2.24) is 0 Å². The van der Waals surface area contributed by atoms with Crippen molar-refractivity contribution in [3.63, 3.8) is 0 Å². The lowest BCUT2D eigenvalue weighted by Crippen LogP contribution is -2.47. The highest BCUT2D eigenvalue weighted by atomic mass is 16.6. The van der Waals surface area contributed by atoms with Crippen LogP contribution in [0.25, 0.3) is 0 Å². The summed E-state index contributed by atoms with van der Waals surface area (Å²) in [6.45, 7) is 8.54. The van der Waals surface area contributed by atoms with Crippen LogP contribution in [-0.2, 0) is 9.53 Å². The van der Waals surface area contributed by atoms with Crippen molar-refractivity contribution >= 4 is 5.97 Å². The Bertz CT molecular complexity index is 189. The number of esters is 1. The average Bonchev–Trinajstić information content (AvgIpc) is 1.79. The second-order valence-corrected chi connectivity index (χ2v) is 4.57. The average molecular weight is 188 g/mol. The van der Waals surface area contributed by atoms with Crippen molar-refractivity contribution in [3.05, 3.63) is 0 Å². The maximum absolute atomic E-state index is 11.4. The summed E-state index contributed by atoms with van der Waals surface area (Å²) in [5.74, 6) is -0.727. The van der Waals surface area contributed by atoms with Gasteiger partial charge in [0.15, 0.2) is 5.72 Å². The molecule has 4 heteroatoms. The zero-order valence-corrected chi connectivity index (χ0v) is 9.05. The van der Waals surface area contributed by atoms with E-state index in [2.05, 4.69) is 0 Å². The highest BCUT2D eigenvalue weighted by molar-refractivity contribution is 5.73. The molecule has 13 heavy (non-hydrogen) atoms. The number of ether oxygens (including phenoxy) is 1. The maximum atomic E-state index is 11.4. The van der Waals surface area contributed by atoms with Gasteiger partial charge in [-0.05, 0) is 27.7 Å². The molecule has 4 N–H and O–H groups in total. The monoisotopic (exact) mass is 188 g/mol. The first-order chi connectivity index (χ1) is 5.54. The van der Waals surface area contributed by atoms with E-state index in [1.54, 1.807) is 34.6 Å². The van der Waals surface area contributed by atoms with Crippen LogP contribution in [0, 0.1) is 5.92 Å². The summed E-state index contributed by atoms with van der Waals surface area (Å²) >= 11 is 0. The zero-order valence-electron chi connectivity index (χ0n) is 9.05. The fourth-order valence-corrected chi connectivity index (χ4v) is 0.651. The van der Waals surface area contributed by atoms with Crippen LogP contribution >= 0.6 is 0 Å². The lowest BCUT2D eigenvalue weighted by molar-refractivity contribution is -0.162. The minimum atomic E-state index is -0.934. The van der Waals surface area contributed by atoms with Crippen molar-refractivity contribution in [2.24, 2.45) is 17.4 Å². The molecule has 0 aliphatic carbocycles. The number of carbonyl (C=O) groups excluding carboxylic acids is 1. The number of carbonyl (C=O) groups is 1. The third-order valence-electron chi connectivity index (χ3n) is 1.83. The Hall–Kier alpha value is -0.610. The van der Waals surface area contributed by atoms with E-state index in [1.807, 2.05) is 0 Å². The SMILES string of the molecule is CC(C(=O)OC(C)(C)N)C(C)(C)N. The van der Waals surface area contributed by atoms with Gasteiger partial charge in [0.05, 0.1) is 5.92 Å². The predicted octanol–water partition coefficient (Wildman–Crippen LogP) is 0.598. The standard InChI is InChI=1S/C9H20N2O2/c1-6(8(2,3)10)7(12)13-9(4,5)11/h6H,10-11H2,1-5H3. The summed E-state index contributed by atoms with van der Waals surface area (Å²) in [5.41, 5.74) is 9.78. The molecule has 1 atom stereocenters. The molecule has 0 saturated carbocycles. The Kier molecular flexibility index (Phi) is 3.47. The normalized spacial score (nSPS) is 15.3. The van der Waals surface area contributed by atoms with Gasteiger partial charge in [0.25, 0.3) is 0 Å². The minimum absolute atomic E-state index is 0.361. The van der Waals surface area contributed by atoms with E-state index in [-0.39, 0.29) is 11.9 Å². The molecular weight excluding hydrogens is 168 g/mol. The molecule has 0 aromatic carbocycles. The van der Waals surface area contributed by atoms with Crippen LogP contribution in [0.5, 0.6) is 0 Å². The van der Waals surface area contributed by atoms with E-state index in [9.17, 15) is 4.79 Å². The molecule has 0 bridgehead atoms. The summed E-state index contributed by atoms with van der Waals surface area (Å²) in [6, 6.07) is 0. The highest BCUT2D eigenvalue weighted by Gasteiger charge is 2.31. The molecule has 0 rings (SSSR count). The summed E-state index contributed by atoms with van der Waals surface area (Å²) < 4.78 is 4.98. The van der Waals surface area contributed by atoms with Crippen molar-refractivity contribution in [3.8, 4) is 0 Å². The van der Waals surface area contributed by atoms with Crippen LogP contribution in [0.3, 0.4) is 0 Å². The summed E-state index contributed by atoms with van der Waals surface area (Å²) in [5, 5.41) is 0. The van der Waals surface area contributed by atoms with E-state index < -0.39 is 11.3 Å². The van der Waals surface area contributed by atoms with Crippen LogP contribution < -0.4 is 11.5 Å². The molecule has 0 heterocycles. The number of nitrogens with two attached hydrogens (primary N) is 2. The van der Waals surface area contributed by atoms with Crippen LogP contribution in [0.2, 0.25) is 0 Å². The molecule has 0 aliphatic heterocycles. The van der Waals surface area contributed by atoms with Crippen molar-refractivity contribution in [2.75, 3.05) is 0 Å². The van der Waals surface area contributed by atoms with Gasteiger partial charge in [-0.3, -0.25) is 10.5 Å². The van der Waals surface area contributed by atoms with Crippen molar-refractivity contribution in [1.29, 1.82) is 0 Å². The van der Waals surface area contributed by atoms with Crippen LogP contribution in [0.1, 0.15) is 34.6 Å². The molecule has 4 nitrogen and oxygen atoms in total. The van der Waals surface area contributed by atoms with E-state index in [0.29, 0.717) is 0 Å². The van der Waals surface area contributed by atoms with Gasteiger partial charge < -0.3 is 10.5 Å².